The van der Waals surface area contributed by atoms with Gasteiger partial charge in [-0.25, -0.2) is 9.48 Å². The Kier molecular flexibility index (Phi) is 6.41. The minimum absolute atomic E-state index is 0.0900. The number of aromatic nitrogens is 2. The van der Waals surface area contributed by atoms with Crippen molar-refractivity contribution >= 4 is 29.3 Å². The largest absolute Gasteiger partial charge is 0.480 e. The first-order chi connectivity index (χ1) is 11.9. The van der Waals surface area contributed by atoms with E-state index in [-0.39, 0.29) is 12.6 Å². The second kappa shape index (κ2) is 8.53. The number of rotatable bonds is 7. The molecule has 25 heavy (non-hydrogen) atoms. The minimum Gasteiger partial charge on any atom is -0.480 e. The number of hydrogen-bond acceptors (Lipinski definition) is 5. The monoisotopic (exact) mass is 365 g/mol. The number of benzene rings is 1. The fourth-order valence-electron chi connectivity index (χ4n) is 2.04. The number of carbonyl (C=O) groups is 2. The summed E-state index contributed by atoms with van der Waals surface area (Å²) >= 11 is 5.93. The molecule has 0 saturated carbocycles. The summed E-state index contributed by atoms with van der Waals surface area (Å²) in [5.74, 6) is -0.206. The highest BCUT2D eigenvalue weighted by atomic mass is 35.5. The van der Waals surface area contributed by atoms with E-state index >= 15 is 0 Å². The van der Waals surface area contributed by atoms with Crippen molar-refractivity contribution in [3.8, 4) is 5.75 Å². The van der Waals surface area contributed by atoms with Gasteiger partial charge in [0, 0.05) is 12.1 Å². The van der Waals surface area contributed by atoms with Crippen LogP contribution in [0.15, 0.2) is 36.5 Å². The van der Waals surface area contributed by atoms with Crippen LogP contribution in [0, 0.1) is 0 Å². The molecular weight excluding hydrogens is 346 g/mol. The van der Waals surface area contributed by atoms with Crippen LogP contribution in [0.5, 0.6) is 5.75 Å². The summed E-state index contributed by atoms with van der Waals surface area (Å²) in [4.78, 5) is 24.0. The highest BCUT2D eigenvalue weighted by Crippen LogP contribution is 2.23. The molecule has 0 radical (unpaired) electrons. The molecule has 1 aromatic carbocycles. The van der Waals surface area contributed by atoms with E-state index in [4.69, 9.17) is 21.1 Å². The van der Waals surface area contributed by atoms with E-state index in [1.807, 2.05) is 13.8 Å². The van der Waals surface area contributed by atoms with E-state index in [9.17, 15) is 9.59 Å². The van der Waals surface area contributed by atoms with Gasteiger partial charge in [0.15, 0.2) is 12.7 Å². The second-order valence-electron chi connectivity index (χ2n) is 5.60. The molecule has 0 aliphatic carbocycles. The third-order valence-electron chi connectivity index (χ3n) is 3.27. The van der Waals surface area contributed by atoms with Gasteiger partial charge < -0.3 is 14.8 Å². The molecule has 0 aliphatic heterocycles. The van der Waals surface area contributed by atoms with Crippen LogP contribution in [0.1, 0.15) is 26.8 Å². The Morgan fingerprint density at radius 1 is 1.24 bits per heavy atom. The molecule has 0 fully saturated rings. The Bertz CT molecular complexity index is 745. The number of para-hydroxylation sites is 1. The average molecular weight is 366 g/mol. The summed E-state index contributed by atoms with van der Waals surface area (Å²) < 4.78 is 12.0. The number of amides is 1. The van der Waals surface area contributed by atoms with E-state index in [0.717, 1.165) is 0 Å². The molecule has 1 atom stereocenters. The number of nitrogens with zero attached hydrogens (tertiary/aromatic N) is 2. The lowest BCUT2D eigenvalue weighted by molar-refractivity contribution is -0.155. The highest BCUT2D eigenvalue weighted by Gasteiger charge is 2.20. The van der Waals surface area contributed by atoms with Crippen molar-refractivity contribution in [3.63, 3.8) is 0 Å². The molecule has 0 bridgehead atoms. The third-order valence-corrected chi connectivity index (χ3v) is 3.58. The van der Waals surface area contributed by atoms with Crippen molar-refractivity contribution in [1.82, 2.24) is 9.78 Å². The smallest absolute Gasteiger partial charge is 0.344 e. The van der Waals surface area contributed by atoms with Gasteiger partial charge in [0.05, 0.1) is 11.2 Å². The van der Waals surface area contributed by atoms with Gasteiger partial charge in [0.25, 0.3) is 5.91 Å². The van der Waals surface area contributed by atoms with E-state index in [0.29, 0.717) is 16.6 Å². The number of halogens is 1. The van der Waals surface area contributed by atoms with Crippen LogP contribution >= 0.6 is 11.6 Å². The molecule has 2 aromatic rings. The molecule has 0 spiro atoms. The molecule has 2 rings (SSSR count). The maximum atomic E-state index is 12.2. The third kappa shape index (κ3) is 5.22. The Labute approximate surface area is 150 Å². The predicted molar refractivity (Wildman–Crippen MR) is 93.7 cm³/mol. The normalized spacial score (nSPS) is 11.9. The van der Waals surface area contributed by atoms with E-state index in [1.165, 1.54) is 6.92 Å². The van der Waals surface area contributed by atoms with Crippen LogP contribution in [-0.2, 0) is 14.3 Å². The molecule has 1 aromatic heterocycles. The number of nitrogens with one attached hydrogen (secondary N) is 1. The summed E-state index contributed by atoms with van der Waals surface area (Å²) in [7, 11) is 0. The molecule has 7 nitrogen and oxygen atoms in total. The van der Waals surface area contributed by atoms with Gasteiger partial charge in [0.1, 0.15) is 11.6 Å². The van der Waals surface area contributed by atoms with Gasteiger partial charge in [-0.2, -0.15) is 5.10 Å². The van der Waals surface area contributed by atoms with Gasteiger partial charge >= 0.3 is 5.97 Å². The van der Waals surface area contributed by atoms with Crippen LogP contribution in [-0.4, -0.2) is 34.4 Å². The van der Waals surface area contributed by atoms with Crippen molar-refractivity contribution in [1.29, 1.82) is 0 Å². The molecule has 1 heterocycles. The Balaban J connectivity index is 1.85. The highest BCUT2D eigenvalue weighted by molar-refractivity contribution is 6.32. The van der Waals surface area contributed by atoms with Crippen molar-refractivity contribution in [2.45, 2.75) is 32.9 Å². The second-order valence-corrected chi connectivity index (χ2v) is 6.00. The number of ether oxygens (including phenoxy) is 2. The van der Waals surface area contributed by atoms with Gasteiger partial charge in [-0.1, -0.05) is 23.7 Å². The lowest BCUT2D eigenvalue weighted by Gasteiger charge is -2.16. The SMILES string of the molecule is CC(C)n1nccc1NC(=O)[C@H](C)OC(=O)COc1ccccc1Cl. The molecule has 1 amide bonds. The van der Waals surface area contributed by atoms with Crippen LogP contribution in [0.2, 0.25) is 5.02 Å². The van der Waals surface area contributed by atoms with Crippen molar-refractivity contribution < 1.29 is 19.1 Å². The zero-order chi connectivity index (χ0) is 18.4. The Morgan fingerprint density at radius 3 is 2.64 bits per heavy atom. The molecule has 1 N–H and O–H groups in total. The summed E-state index contributed by atoms with van der Waals surface area (Å²) in [6, 6.07) is 8.54. The first-order valence-electron chi connectivity index (χ1n) is 7.79. The van der Waals surface area contributed by atoms with Crippen molar-refractivity contribution in [2.75, 3.05) is 11.9 Å². The maximum absolute atomic E-state index is 12.2. The summed E-state index contributed by atoms with van der Waals surface area (Å²) in [6.45, 7) is 5.03. The molecule has 134 valence electrons. The topological polar surface area (TPSA) is 82.5 Å². The predicted octanol–water partition coefficient (Wildman–Crippen LogP) is 3.07. The van der Waals surface area contributed by atoms with Crippen molar-refractivity contribution in [3.05, 3.63) is 41.6 Å². The van der Waals surface area contributed by atoms with E-state index in [1.54, 1.807) is 41.2 Å². The first-order valence-corrected chi connectivity index (χ1v) is 8.17. The summed E-state index contributed by atoms with van der Waals surface area (Å²) in [6.07, 6.45) is 0.613. The van der Waals surface area contributed by atoms with Crippen LogP contribution in [0.4, 0.5) is 5.82 Å². The van der Waals surface area contributed by atoms with Crippen molar-refractivity contribution in [2.24, 2.45) is 0 Å². The first kappa shape index (κ1) is 18.8. The molecule has 0 unspecified atom stereocenters. The summed E-state index contributed by atoms with van der Waals surface area (Å²) in [5.41, 5.74) is 0. The fraction of sp³-hybridized carbons (Fsp3) is 0.353. The summed E-state index contributed by atoms with van der Waals surface area (Å²) in [5, 5.41) is 7.20. The average Bonchev–Trinajstić information content (AvgIpc) is 3.02. The number of anilines is 1. The quantitative estimate of drug-likeness (QED) is 0.762. The lowest BCUT2D eigenvalue weighted by atomic mass is 10.3. The van der Waals surface area contributed by atoms with E-state index < -0.39 is 18.0 Å². The fourth-order valence-corrected chi connectivity index (χ4v) is 2.23. The number of hydrogen-bond donors (Lipinski definition) is 1. The lowest BCUT2D eigenvalue weighted by Crippen LogP contribution is -2.32. The van der Waals surface area contributed by atoms with Gasteiger partial charge in [-0.3, -0.25) is 4.79 Å². The Hall–Kier alpha value is -2.54. The van der Waals surface area contributed by atoms with Crippen LogP contribution in [0.3, 0.4) is 0 Å². The number of esters is 1. The van der Waals surface area contributed by atoms with Gasteiger partial charge in [0.2, 0.25) is 0 Å². The molecule has 0 aliphatic rings. The molecule has 8 heteroatoms. The van der Waals surface area contributed by atoms with Crippen LogP contribution in [0.25, 0.3) is 0 Å². The maximum Gasteiger partial charge on any atom is 0.344 e. The van der Waals surface area contributed by atoms with Crippen LogP contribution < -0.4 is 10.1 Å². The van der Waals surface area contributed by atoms with E-state index in [2.05, 4.69) is 10.4 Å². The Morgan fingerprint density at radius 2 is 1.96 bits per heavy atom. The molecule has 0 saturated heterocycles. The zero-order valence-electron chi connectivity index (χ0n) is 14.2. The molecular formula is C17H20ClN3O4. The number of carbonyl (C=O) groups excluding carboxylic acids is 2. The minimum atomic E-state index is -0.974. The van der Waals surface area contributed by atoms with Gasteiger partial charge in [-0.05, 0) is 32.9 Å². The van der Waals surface area contributed by atoms with Gasteiger partial charge in [-0.15, -0.1) is 0 Å². The standard InChI is InChI=1S/C17H20ClN3O4/c1-11(2)21-15(8-9-19-21)20-17(23)12(3)25-16(22)10-24-14-7-5-4-6-13(14)18/h4-9,11-12H,10H2,1-3H3,(H,20,23)/t12-/m0/s1. The zero-order valence-corrected chi connectivity index (χ0v) is 15.0.